The molecule has 1 unspecified atom stereocenters. The van der Waals surface area contributed by atoms with Gasteiger partial charge < -0.3 is 20.1 Å². The number of rotatable bonds is 4. The van der Waals surface area contributed by atoms with Crippen LogP contribution in [-0.4, -0.2) is 41.7 Å². The maximum absolute atomic E-state index is 12.1. The number of nitrogens with zero attached hydrogens (tertiary/aromatic N) is 1. The second kappa shape index (κ2) is 7.36. The summed E-state index contributed by atoms with van der Waals surface area (Å²) in [7, 11) is 1.23. The number of alkyl carbamates (subject to hydrolysis) is 1. The maximum atomic E-state index is 12.1. The molecule has 0 radical (unpaired) electrons. The van der Waals surface area contributed by atoms with Crippen LogP contribution in [-0.2, 0) is 19.1 Å². The molecular formula is C17H21N3O5. The van der Waals surface area contributed by atoms with E-state index in [1.54, 1.807) is 39.1 Å². The van der Waals surface area contributed by atoms with Crippen molar-refractivity contribution in [3.63, 3.8) is 0 Å². The molecule has 2 heterocycles. The van der Waals surface area contributed by atoms with Gasteiger partial charge in [-0.25, -0.2) is 19.4 Å². The molecule has 1 aliphatic rings. The van der Waals surface area contributed by atoms with Crippen molar-refractivity contribution in [3.8, 4) is 0 Å². The second-order valence-electron chi connectivity index (χ2n) is 6.59. The van der Waals surface area contributed by atoms with Gasteiger partial charge in [0.15, 0.2) is 0 Å². The van der Waals surface area contributed by atoms with Crippen molar-refractivity contribution in [1.82, 2.24) is 10.3 Å². The fourth-order valence-corrected chi connectivity index (χ4v) is 2.56. The number of fused-ring (bicyclic) bond motifs is 1. The Bertz CT molecular complexity index is 719. The monoisotopic (exact) mass is 347 g/mol. The number of nitrogens with one attached hydrogen (secondary N) is 2. The average molecular weight is 347 g/mol. The van der Waals surface area contributed by atoms with Gasteiger partial charge in [0.1, 0.15) is 29.1 Å². The number of hydrogen-bond acceptors (Lipinski definition) is 7. The first kappa shape index (κ1) is 18.5. The summed E-state index contributed by atoms with van der Waals surface area (Å²) in [5.41, 5.74) is 0.304. The zero-order valence-corrected chi connectivity index (χ0v) is 14.6. The molecule has 1 amide bonds. The largest absolute Gasteiger partial charge is 0.467 e. The first-order chi connectivity index (χ1) is 11.7. The zero-order valence-electron chi connectivity index (χ0n) is 14.6. The fraction of sp³-hybridized carbons (Fsp3) is 0.471. The summed E-state index contributed by atoms with van der Waals surface area (Å²) in [4.78, 5) is 39.5. The predicted molar refractivity (Wildman–Crippen MR) is 89.6 cm³/mol. The summed E-state index contributed by atoms with van der Waals surface area (Å²) >= 11 is 0. The summed E-state index contributed by atoms with van der Waals surface area (Å²) in [5, 5.41) is 5.37. The Morgan fingerprint density at radius 2 is 2.16 bits per heavy atom. The van der Waals surface area contributed by atoms with Gasteiger partial charge in [-0.2, -0.15) is 0 Å². The van der Waals surface area contributed by atoms with Gasteiger partial charge in [-0.1, -0.05) is 6.07 Å². The summed E-state index contributed by atoms with van der Waals surface area (Å²) in [6.45, 7) is 5.15. The zero-order chi connectivity index (χ0) is 18.6. The van der Waals surface area contributed by atoms with Crippen molar-refractivity contribution in [2.75, 3.05) is 12.4 Å². The molecule has 0 spiro atoms. The number of pyridine rings is 1. The molecule has 2 atom stereocenters. The number of aromatic nitrogens is 1. The van der Waals surface area contributed by atoms with E-state index in [1.165, 1.54) is 7.11 Å². The highest BCUT2D eigenvalue weighted by Crippen LogP contribution is 2.38. The molecule has 2 rings (SSSR count). The van der Waals surface area contributed by atoms with Crippen LogP contribution in [0.25, 0.3) is 0 Å². The van der Waals surface area contributed by atoms with Gasteiger partial charge in [-0.15, -0.1) is 0 Å². The molecule has 0 saturated heterocycles. The third-order valence-corrected chi connectivity index (χ3v) is 3.57. The molecule has 0 fully saturated rings. The van der Waals surface area contributed by atoms with Gasteiger partial charge in [0.2, 0.25) is 0 Å². The lowest BCUT2D eigenvalue weighted by molar-refractivity contribution is -0.143. The molecule has 8 heteroatoms. The van der Waals surface area contributed by atoms with E-state index in [-0.39, 0.29) is 12.1 Å². The van der Waals surface area contributed by atoms with Crippen molar-refractivity contribution in [3.05, 3.63) is 29.6 Å². The lowest BCUT2D eigenvalue weighted by atomic mass is 9.93. The third-order valence-electron chi connectivity index (χ3n) is 3.57. The van der Waals surface area contributed by atoms with E-state index in [1.807, 2.05) is 5.94 Å². The van der Waals surface area contributed by atoms with Crippen molar-refractivity contribution >= 4 is 23.8 Å². The van der Waals surface area contributed by atoms with Crippen LogP contribution in [0.2, 0.25) is 0 Å². The fourth-order valence-electron chi connectivity index (χ4n) is 2.56. The third kappa shape index (κ3) is 4.58. The molecular weight excluding hydrogens is 326 g/mol. The van der Waals surface area contributed by atoms with Crippen LogP contribution in [0.1, 0.15) is 38.7 Å². The van der Waals surface area contributed by atoms with Crippen LogP contribution < -0.4 is 10.6 Å². The molecule has 25 heavy (non-hydrogen) atoms. The van der Waals surface area contributed by atoms with E-state index in [2.05, 4.69) is 15.6 Å². The molecule has 0 saturated carbocycles. The van der Waals surface area contributed by atoms with E-state index < -0.39 is 29.6 Å². The minimum atomic E-state index is -0.985. The average Bonchev–Trinajstić information content (AvgIpc) is 2.89. The number of ether oxygens (including phenoxy) is 2. The molecule has 1 aromatic heterocycles. The smallest absolute Gasteiger partial charge is 0.408 e. The van der Waals surface area contributed by atoms with Crippen LogP contribution in [0, 0.1) is 0 Å². The lowest BCUT2D eigenvalue weighted by Crippen LogP contribution is -2.44. The van der Waals surface area contributed by atoms with Crippen molar-refractivity contribution in [1.29, 1.82) is 0 Å². The molecule has 0 aliphatic carbocycles. The van der Waals surface area contributed by atoms with Crippen molar-refractivity contribution in [2.45, 2.75) is 44.8 Å². The highest BCUT2D eigenvalue weighted by atomic mass is 16.6. The van der Waals surface area contributed by atoms with Crippen molar-refractivity contribution < 1.29 is 23.9 Å². The molecule has 8 nitrogen and oxygen atoms in total. The maximum Gasteiger partial charge on any atom is 0.408 e. The molecule has 1 aromatic rings. The van der Waals surface area contributed by atoms with E-state index >= 15 is 0 Å². The van der Waals surface area contributed by atoms with Gasteiger partial charge in [0, 0.05) is 17.7 Å². The molecule has 134 valence electrons. The highest BCUT2D eigenvalue weighted by molar-refractivity contribution is 5.82. The Kier molecular flexibility index (Phi) is 5.44. The number of anilines is 1. The standard InChI is InChI=1S/C17H21N3O5/c1-17(2,3)25-16(23)20-12(15(22)24-4)8-11-10-6-5-7-18-14(10)19-13(11)9-21/h5-7,11-12H,8H2,1-4H3,(H,18,19)(H,20,23)/t11?,12-/m0/s1. The molecule has 0 aromatic carbocycles. The van der Waals surface area contributed by atoms with E-state index in [0.717, 1.165) is 5.56 Å². The van der Waals surface area contributed by atoms with E-state index in [4.69, 9.17) is 9.47 Å². The first-order valence-electron chi connectivity index (χ1n) is 7.79. The number of carbonyl (C=O) groups is 2. The Morgan fingerprint density at radius 1 is 1.44 bits per heavy atom. The number of methoxy groups -OCH3 is 1. The summed E-state index contributed by atoms with van der Waals surface area (Å²) in [5.74, 6) is 1.28. The van der Waals surface area contributed by atoms with Gasteiger partial charge in [-0.3, -0.25) is 0 Å². The molecule has 2 N–H and O–H groups in total. The van der Waals surface area contributed by atoms with Gasteiger partial charge in [0.05, 0.1) is 7.11 Å². The van der Waals surface area contributed by atoms with E-state index in [9.17, 15) is 14.4 Å². The van der Waals surface area contributed by atoms with Crippen LogP contribution in [0.3, 0.4) is 0 Å². The predicted octanol–water partition coefficient (Wildman–Crippen LogP) is 1.76. The normalized spacial score (nSPS) is 17.0. The van der Waals surface area contributed by atoms with E-state index in [0.29, 0.717) is 5.82 Å². The Balaban J connectivity index is 2.21. The van der Waals surface area contributed by atoms with Gasteiger partial charge >= 0.3 is 12.1 Å². The van der Waals surface area contributed by atoms with Crippen molar-refractivity contribution in [2.24, 2.45) is 0 Å². The number of hydrogen-bond donors (Lipinski definition) is 2. The Labute approximate surface area is 145 Å². The summed E-state index contributed by atoms with van der Waals surface area (Å²) in [6.07, 6.45) is 0.965. The SMILES string of the molecule is COC(=O)[C@H](CC1C(=C=O)Nc2ncccc21)NC(=O)OC(C)(C)C. The Hall–Kier alpha value is -2.86. The Morgan fingerprint density at radius 3 is 2.76 bits per heavy atom. The first-order valence-corrected chi connectivity index (χ1v) is 7.79. The summed E-state index contributed by atoms with van der Waals surface area (Å²) < 4.78 is 9.94. The van der Waals surface area contributed by atoms with Crippen LogP contribution in [0.4, 0.5) is 10.6 Å². The number of carbonyl (C=O) groups excluding carboxylic acids is 3. The van der Waals surface area contributed by atoms with Gasteiger partial charge in [-0.05, 0) is 33.3 Å². The molecule has 0 bridgehead atoms. The quantitative estimate of drug-likeness (QED) is 0.631. The highest BCUT2D eigenvalue weighted by Gasteiger charge is 2.35. The molecule has 1 aliphatic heterocycles. The minimum Gasteiger partial charge on any atom is -0.467 e. The second-order valence-corrected chi connectivity index (χ2v) is 6.59. The minimum absolute atomic E-state index is 0.113. The van der Waals surface area contributed by atoms with Crippen LogP contribution >= 0.6 is 0 Å². The lowest BCUT2D eigenvalue weighted by Gasteiger charge is -2.24. The van der Waals surface area contributed by atoms with Crippen LogP contribution in [0.15, 0.2) is 24.0 Å². The van der Waals surface area contributed by atoms with Gasteiger partial charge in [0.25, 0.3) is 0 Å². The number of allylic oxidation sites excluding steroid dienone is 1. The topological polar surface area (TPSA) is 107 Å². The summed E-state index contributed by atoms with van der Waals surface area (Å²) in [6, 6.07) is 2.54. The van der Waals surface area contributed by atoms with Crippen LogP contribution in [0.5, 0.6) is 0 Å². The number of esters is 1. The number of amides is 1.